The molecule has 0 unspecified atom stereocenters. The second kappa shape index (κ2) is 4.42. The molecule has 0 spiro atoms. The van der Waals surface area contributed by atoms with Gasteiger partial charge in [-0.2, -0.15) is 0 Å². The minimum absolute atomic E-state index is 0.189. The first-order chi connectivity index (χ1) is 6.24. The highest BCUT2D eigenvalue weighted by atomic mass is 16.5. The third kappa shape index (κ3) is 2.72. The minimum atomic E-state index is -0.571. The topological polar surface area (TPSA) is 91.2 Å². The largest absolute Gasteiger partial charge is 0.476 e. The van der Waals surface area contributed by atoms with Gasteiger partial charge in [-0.3, -0.25) is 4.79 Å². The van der Waals surface area contributed by atoms with Crippen molar-refractivity contribution in [2.24, 2.45) is 11.5 Å². The highest BCUT2D eigenvalue weighted by Gasteiger charge is 2.02. The Kier molecular flexibility index (Phi) is 3.22. The lowest BCUT2D eigenvalue weighted by molar-refractivity contribution is 0.0994. The van der Waals surface area contributed by atoms with Gasteiger partial charge in [-0.05, 0) is 6.07 Å². The van der Waals surface area contributed by atoms with Crippen molar-refractivity contribution in [1.29, 1.82) is 0 Å². The van der Waals surface area contributed by atoms with Gasteiger partial charge < -0.3 is 16.2 Å². The molecule has 1 aromatic heterocycles. The number of pyridine rings is 1. The molecule has 0 fully saturated rings. The highest BCUT2D eigenvalue weighted by Crippen LogP contribution is 2.06. The zero-order valence-corrected chi connectivity index (χ0v) is 7.06. The molecule has 1 aromatic rings. The molecule has 5 nitrogen and oxygen atoms in total. The van der Waals surface area contributed by atoms with Gasteiger partial charge in [-0.15, -0.1) is 0 Å². The number of hydrogen-bond donors (Lipinski definition) is 2. The fraction of sp³-hybridized carbons (Fsp3) is 0.250. The maximum Gasteiger partial charge on any atom is 0.267 e. The van der Waals surface area contributed by atoms with Gasteiger partial charge in [-0.25, -0.2) is 4.98 Å². The number of ether oxygens (including phenoxy) is 1. The van der Waals surface area contributed by atoms with Gasteiger partial charge >= 0.3 is 0 Å². The van der Waals surface area contributed by atoms with Crippen LogP contribution < -0.4 is 16.2 Å². The highest BCUT2D eigenvalue weighted by molar-refractivity contribution is 5.90. The van der Waals surface area contributed by atoms with Crippen LogP contribution in [0.4, 0.5) is 0 Å². The third-order valence-electron chi connectivity index (χ3n) is 1.34. The minimum Gasteiger partial charge on any atom is -0.476 e. The number of nitrogens with zero attached hydrogens (tertiary/aromatic N) is 1. The molecular weight excluding hydrogens is 170 g/mol. The summed E-state index contributed by atoms with van der Waals surface area (Å²) in [6.45, 7) is 0.775. The maximum atomic E-state index is 10.7. The summed E-state index contributed by atoms with van der Waals surface area (Å²) in [6.07, 6.45) is 0. The van der Waals surface area contributed by atoms with Crippen LogP contribution in [0.15, 0.2) is 18.2 Å². The summed E-state index contributed by atoms with van der Waals surface area (Å²) < 4.78 is 5.10. The molecule has 0 saturated carbocycles. The lowest BCUT2D eigenvalue weighted by Gasteiger charge is -2.03. The van der Waals surface area contributed by atoms with Crippen LogP contribution in [0.1, 0.15) is 10.5 Å². The summed E-state index contributed by atoms with van der Waals surface area (Å²) in [5.41, 5.74) is 10.4. The molecule has 0 aromatic carbocycles. The summed E-state index contributed by atoms with van der Waals surface area (Å²) in [5.74, 6) is -0.208. The van der Waals surface area contributed by atoms with E-state index in [-0.39, 0.29) is 5.69 Å². The van der Waals surface area contributed by atoms with Gasteiger partial charge in [0.1, 0.15) is 12.3 Å². The number of carbonyl (C=O) groups excluding carboxylic acids is 1. The smallest absolute Gasteiger partial charge is 0.267 e. The van der Waals surface area contributed by atoms with Crippen LogP contribution in [0, 0.1) is 0 Å². The monoisotopic (exact) mass is 181 g/mol. The fourth-order valence-electron chi connectivity index (χ4n) is 0.796. The van der Waals surface area contributed by atoms with Crippen LogP contribution in [-0.4, -0.2) is 24.0 Å². The van der Waals surface area contributed by atoms with E-state index >= 15 is 0 Å². The second-order valence-corrected chi connectivity index (χ2v) is 2.36. The lowest BCUT2D eigenvalue weighted by atomic mass is 10.3. The molecule has 0 atom stereocenters. The predicted octanol–water partition coefficient (Wildman–Crippen LogP) is -0.482. The van der Waals surface area contributed by atoms with Crippen molar-refractivity contribution in [2.45, 2.75) is 0 Å². The summed E-state index contributed by atoms with van der Waals surface area (Å²) in [4.78, 5) is 14.6. The molecular formula is C8H11N3O2. The maximum absolute atomic E-state index is 10.7. The number of primary amides is 1. The van der Waals surface area contributed by atoms with Crippen molar-refractivity contribution in [1.82, 2.24) is 4.98 Å². The number of rotatable bonds is 4. The first-order valence-corrected chi connectivity index (χ1v) is 3.84. The van der Waals surface area contributed by atoms with E-state index in [1.165, 1.54) is 6.07 Å². The quantitative estimate of drug-likeness (QED) is 0.656. The Morgan fingerprint density at radius 3 is 2.92 bits per heavy atom. The Hall–Kier alpha value is -1.62. The van der Waals surface area contributed by atoms with Gasteiger partial charge in [0, 0.05) is 12.6 Å². The zero-order chi connectivity index (χ0) is 9.68. The van der Waals surface area contributed by atoms with Crippen molar-refractivity contribution in [3.63, 3.8) is 0 Å². The Morgan fingerprint density at radius 1 is 1.54 bits per heavy atom. The van der Waals surface area contributed by atoms with E-state index in [2.05, 4.69) is 4.98 Å². The molecule has 13 heavy (non-hydrogen) atoms. The molecule has 1 heterocycles. The molecule has 0 aliphatic heterocycles. The van der Waals surface area contributed by atoms with Gasteiger partial charge in [0.15, 0.2) is 0 Å². The third-order valence-corrected chi connectivity index (χ3v) is 1.34. The van der Waals surface area contributed by atoms with Crippen molar-refractivity contribution in [3.05, 3.63) is 23.9 Å². The van der Waals surface area contributed by atoms with Gasteiger partial charge in [-0.1, -0.05) is 6.07 Å². The van der Waals surface area contributed by atoms with Gasteiger partial charge in [0.25, 0.3) is 5.91 Å². The Labute approximate surface area is 75.7 Å². The van der Waals surface area contributed by atoms with Crippen molar-refractivity contribution in [3.8, 4) is 5.88 Å². The normalized spacial score (nSPS) is 9.62. The molecule has 5 heteroatoms. The van der Waals surface area contributed by atoms with E-state index in [0.717, 1.165) is 0 Å². The second-order valence-electron chi connectivity index (χ2n) is 2.36. The van der Waals surface area contributed by atoms with Gasteiger partial charge in [0.2, 0.25) is 5.88 Å². The average molecular weight is 181 g/mol. The number of carbonyl (C=O) groups is 1. The van der Waals surface area contributed by atoms with Crippen LogP contribution in [0.25, 0.3) is 0 Å². The van der Waals surface area contributed by atoms with E-state index < -0.39 is 5.91 Å². The predicted molar refractivity (Wildman–Crippen MR) is 47.3 cm³/mol. The molecule has 0 saturated heterocycles. The Bertz CT molecular complexity index is 301. The van der Waals surface area contributed by atoms with E-state index in [4.69, 9.17) is 16.2 Å². The summed E-state index contributed by atoms with van der Waals surface area (Å²) in [7, 11) is 0. The van der Waals surface area contributed by atoms with E-state index in [1.807, 2.05) is 0 Å². The van der Waals surface area contributed by atoms with E-state index in [0.29, 0.717) is 19.0 Å². The Morgan fingerprint density at radius 2 is 2.31 bits per heavy atom. The molecule has 0 aliphatic carbocycles. The SMILES string of the molecule is NCCOc1cccc(C(N)=O)n1. The summed E-state index contributed by atoms with van der Waals surface area (Å²) >= 11 is 0. The van der Waals surface area contributed by atoms with Crippen LogP contribution in [0.2, 0.25) is 0 Å². The van der Waals surface area contributed by atoms with Crippen molar-refractivity contribution >= 4 is 5.91 Å². The molecule has 0 bridgehead atoms. The number of hydrogen-bond acceptors (Lipinski definition) is 4. The fourth-order valence-corrected chi connectivity index (χ4v) is 0.796. The van der Waals surface area contributed by atoms with E-state index in [9.17, 15) is 4.79 Å². The van der Waals surface area contributed by atoms with Crippen LogP contribution in [0.5, 0.6) is 5.88 Å². The molecule has 70 valence electrons. The lowest BCUT2D eigenvalue weighted by Crippen LogP contribution is -2.15. The molecule has 1 amide bonds. The molecule has 4 N–H and O–H groups in total. The standard InChI is InChI=1S/C8H11N3O2/c9-4-5-13-7-3-1-2-6(11-7)8(10)12/h1-3H,4-5,9H2,(H2,10,12). The summed E-state index contributed by atoms with van der Waals surface area (Å²) in [5, 5.41) is 0. The van der Waals surface area contributed by atoms with Crippen LogP contribution in [0.3, 0.4) is 0 Å². The number of nitrogens with two attached hydrogens (primary N) is 2. The molecule has 0 aliphatic rings. The van der Waals surface area contributed by atoms with Crippen molar-refractivity contribution in [2.75, 3.05) is 13.2 Å². The first-order valence-electron chi connectivity index (χ1n) is 3.84. The van der Waals surface area contributed by atoms with Crippen LogP contribution >= 0.6 is 0 Å². The van der Waals surface area contributed by atoms with Crippen LogP contribution in [-0.2, 0) is 0 Å². The summed E-state index contributed by atoms with van der Waals surface area (Å²) in [6, 6.07) is 4.82. The van der Waals surface area contributed by atoms with Crippen molar-refractivity contribution < 1.29 is 9.53 Å². The Balaban J connectivity index is 2.73. The van der Waals surface area contributed by atoms with E-state index in [1.54, 1.807) is 12.1 Å². The van der Waals surface area contributed by atoms with Gasteiger partial charge in [0.05, 0.1) is 0 Å². The zero-order valence-electron chi connectivity index (χ0n) is 7.06. The average Bonchev–Trinajstić information content (AvgIpc) is 2.15. The number of amides is 1. The number of aromatic nitrogens is 1. The first kappa shape index (κ1) is 9.47. The molecule has 1 rings (SSSR count). The molecule has 0 radical (unpaired) electrons.